The third-order valence-electron chi connectivity index (χ3n) is 2.63. The summed E-state index contributed by atoms with van der Waals surface area (Å²) < 4.78 is 30.7. The van der Waals surface area contributed by atoms with Gasteiger partial charge in [-0.3, -0.25) is 9.59 Å². The first-order valence-corrected chi connectivity index (χ1v) is 7.61. The average Bonchev–Trinajstić information content (AvgIpc) is 2.40. The number of sulfonamides is 1. The molecule has 0 unspecified atom stereocenters. The van der Waals surface area contributed by atoms with E-state index in [0.717, 1.165) is 7.11 Å². The SMILES string of the molecule is COC(=O)C[C@H](NS(=O)(=O)c1cc(Cl)ccc1C)C(=O)O. The van der Waals surface area contributed by atoms with Crippen molar-refractivity contribution in [2.75, 3.05) is 7.11 Å². The molecule has 116 valence electrons. The molecule has 2 N–H and O–H groups in total. The fourth-order valence-corrected chi connectivity index (χ4v) is 3.24. The second-order valence-electron chi connectivity index (χ2n) is 4.20. The Hall–Kier alpha value is -1.64. The second-order valence-corrected chi connectivity index (χ2v) is 6.32. The Labute approximate surface area is 126 Å². The van der Waals surface area contributed by atoms with E-state index in [1.165, 1.54) is 18.2 Å². The third-order valence-corrected chi connectivity index (χ3v) is 4.48. The maximum atomic E-state index is 12.2. The van der Waals surface area contributed by atoms with Gasteiger partial charge in [-0.1, -0.05) is 17.7 Å². The summed E-state index contributed by atoms with van der Waals surface area (Å²) in [5.41, 5.74) is 0.397. The molecular weight excluding hydrogens is 322 g/mol. The molecule has 0 bridgehead atoms. The zero-order chi connectivity index (χ0) is 16.2. The van der Waals surface area contributed by atoms with E-state index in [1.807, 2.05) is 4.72 Å². The molecule has 1 rings (SSSR count). The summed E-state index contributed by atoms with van der Waals surface area (Å²) in [5, 5.41) is 9.19. The van der Waals surface area contributed by atoms with E-state index in [0.29, 0.717) is 5.56 Å². The molecule has 9 heteroatoms. The number of benzene rings is 1. The number of carbonyl (C=O) groups excluding carboxylic acids is 1. The number of hydrogen-bond donors (Lipinski definition) is 2. The van der Waals surface area contributed by atoms with E-state index in [-0.39, 0.29) is 9.92 Å². The molecule has 0 fully saturated rings. The minimum absolute atomic E-state index is 0.147. The molecule has 0 saturated heterocycles. The lowest BCUT2D eigenvalue weighted by Gasteiger charge is -2.15. The lowest BCUT2D eigenvalue weighted by molar-refractivity contribution is -0.147. The van der Waals surface area contributed by atoms with Gasteiger partial charge in [0.1, 0.15) is 6.04 Å². The molecule has 0 heterocycles. The summed E-state index contributed by atoms with van der Waals surface area (Å²) in [4.78, 5) is 22.0. The van der Waals surface area contributed by atoms with Crippen LogP contribution in [0.3, 0.4) is 0 Å². The van der Waals surface area contributed by atoms with E-state index >= 15 is 0 Å². The Morgan fingerprint density at radius 3 is 2.57 bits per heavy atom. The Morgan fingerprint density at radius 2 is 2.05 bits per heavy atom. The van der Waals surface area contributed by atoms with Crippen molar-refractivity contribution in [3.8, 4) is 0 Å². The van der Waals surface area contributed by atoms with Crippen LogP contribution in [-0.4, -0.2) is 38.6 Å². The highest BCUT2D eigenvalue weighted by molar-refractivity contribution is 7.89. The number of nitrogens with one attached hydrogen (secondary N) is 1. The van der Waals surface area contributed by atoms with Gasteiger partial charge < -0.3 is 9.84 Å². The topological polar surface area (TPSA) is 110 Å². The summed E-state index contributed by atoms with van der Waals surface area (Å²) in [7, 11) is -3.05. The highest BCUT2D eigenvalue weighted by Gasteiger charge is 2.29. The Morgan fingerprint density at radius 1 is 1.43 bits per heavy atom. The Kier molecular flexibility index (Phi) is 5.70. The van der Waals surface area contributed by atoms with Gasteiger partial charge in [0.2, 0.25) is 10.0 Å². The molecule has 0 aliphatic rings. The lowest BCUT2D eigenvalue weighted by Crippen LogP contribution is -2.42. The van der Waals surface area contributed by atoms with Crippen LogP contribution in [0.25, 0.3) is 0 Å². The number of halogens is 1. The number of carbonyl (C=O) groups is 2. The maximum absolute atomic E-state index is 12.2. The largest absolute Gasteiger partial charge is 0.480 e. The van der Waals surface area contributed by atoms with Crippen LogP contribution in [0.1, 0.15) is 12.0 Å². The quantitative estimate of drug-likeness (QED) is 0.749. The predicted molar refractivity (Wildman–Crippen MR) is 74.6 cm³/mol. The number of carboxylic acid groups (broad SMARTS) is 1. The minimum atomic E-state index is -4.13. The number of aryl methyl sites for hydroxylation is 1. The molecule has 21 heavy (non-hydrogen) atoms. The van der Waals surface area contributed by atoms with Gasteiger partial charge in [-0.05, 0) is 24.6 Å². The molecule has 0 amide bonds. The molecule has 7 nitrogen and oxygen atoms in total. The predicted octanol–water partition coefficient (Wildman–Crippen LogP) is 0.943. The highest BCUT2D eigenvalue weighted by atomic mass is 35.5. The van der Waals surface area contributed by atoms with Crippen LogP contribution >= 0.6 is 11.6 Å². The van der Waals surface area contributed by atoms with Crippen LogP contribution in [0.2, 0.25) is 5.02 Å². The van der Waals surface area contributed by atoms with Crippen molar-refractivity contribution >= 4 is 33.6 Å². The van der Waals surface area contributed by atoms with E-state index in [4.69, 9.17) is 16.7 Å². The molecule has 1 atom stereocenters. The van der Waals surface area contributed by atoms with Crippen molar-refractivity contribution in [3.05, 3.63) is 28.8 Å². The van der Waals surface area contributed by atoms with Crippen LogP contribution in [0.4, 0.5) is 0 Å². The normalized spacial score (nSPS) is 12.7. The standard InChI is InChI=1S/C12H14ClNO6S/c1-7-3-4-8(13)5-10(7)21(18,19)14-9(12(16)17)6-11(15)20-2/h3-5,9,14H,6H2,1-2H3,(H,16,17)/t9-/m0/s1. The number of carboxylic acids is 1. The molecule has 0 aliphatic heterocycles. The van der Waals surface area contributed by atoms with Gasteiger partial charge in [-0.25, -0.2) is 8.42 Å². The van der Waals surface area contributed by atoms with Crippen LogP contribution in [0.15, 0.2) is 23.1 Å². The van der Waals surface area contributed by atoms with Gasteiger partial charge in [0, 0.05) is 5.02 Å². The molecule has 0 spiro atoms. The van der Waals surface area contributed by atoms with E-state index < -0.39 is 34.4 Å². The smallest absolute Gasteiger partial charge is 0.322 e. The zero-order valence-corrected chi connectivity index (χ0v) is 12.9. The van der Waals surface area contributed by atoms with Gasteiger partial charge in [0.25, 0.3) is 0 Å². The fourth-order valence-electron chi connectivity index (χ4n) is 1.54. The molecule has 1 aromatic rings. The molecule has 0 saturated carbocycles. The summed E-state index contributed by atoms with van der Waals surface area (Å²) in [6, 6.07) is 2.59. The van der Waals surface area contributed by atoms with Crippen LogP contribution in [-0.2, 0) is 24.3 Å². The summed E-state index contributed by atoms with van der Waals surface area (Å²) in [6.45, 7) is 1.54. The van der Waals surface area contributed by atoms with Crippen molar-refractivity contribution in [1.82, 2.24) is 4.72 Å². The number of ether oxygens (including phenoxy) is 1. The highest BCUT2D eigenvalue weighted by Crippen LogP contribution is 2.20. The number of methoxy groups -OCH3 is 1. The van der Waals surface area contributed by atoms with Gasteiger partial charge in [0.05, 0.1) is 18.4 Å². The number of esters is 1. The van der Waals surface area contributed by atoms with Gasteiger partial charge in [-0.15, -0.1) is 0 Å². The monoisotopic (exact) mass is 335 g/mol. The number of aliphatic carboxylic acids is 1. The molecule has 1 aromatic carbocycles. The first-order chi connectivity index (χ1) is 9.67. The number of rotatable bonds is 6. The first kappa shape index (κ1) is 17.4. The van der Waals surface area contributed by atoms with Gasteiger partial charge in [0.15, 0.2) is 0 Å². The number of hydrogen-bond acceptors (Lipinski definition) is 5. The maximum Gasteiger partial charge on any atom is 0.322 e. The van der Waals surface area contributed by atoms with E-state index in [2.05, 4.69) is 4.74 Å². The van der Waals surface area contributed by atoms with Crippen LogP contribution < -0.4 is 4.72 Å². The zero-order valence-electron chi connectivity index (χ0n) is 11.3. The summed E-state index contributed by atoms with van der Waals surface area (Å²) in [6.07, 6.45) is -0.620. The van der Waals surface area contributed by atoms with Crippen LogP contribution in [0, 0.1) is 6.92 Å². The van der Waals surface area contributed by atoms with Crippen molar-refractivity contribution in [2.45, 2.75) is 24.3 Å². The third kappa shape index (κ3) is 4.69. The average molecular weight is 336 g/mol. The first-order valence-electron chi connectivity index (χ1n) is 5.75. The Balaban J connectivity index is 3.09. The molecule has 0 radical (unpaired) electrons. The van der Waals surface area contributed by atoms with Gasteiger partial charge in [-0.2, -0.15) is 4.72 Å². The van der Waals surface area contributed by atoms with Crippen molar-refractivity contribution in [3.63, 3.8) is 0 Å². The van der Waals surface area contributed by atoms with Crippen molar-refractivity contribution in [1.29, 1.82) is 0 Å². The van der Waals surface area contributed by atoms with E-state index in [9.17, 15) is 18.0 Å². The molecule has 0 aromatic heterocycles. The summed E-state index contributed by atoms with van der Waals surface area (Å²) in [5.74, 6) is -2.32. The van der Waals surface area contributed by atoms with Crippen molar-refractivity contribution in [2.24, 2.45) is 0 Å². The minimum Gasteiger partial charge on any atom is -0.480 e. The summed E-state index contributed by atoms with van der Waals surface area (Å²) >= 11 is 5.75. The lowest BCUT2D eigenvalue weighted by atomic mass is 10.2. The van der Waals surface area contributed by atoms with Crippen LogP contribution in [0.5, 0.6) is 0 Å². The molecule has 0 aliphatic carbocycles. The van der Waals surface area contributed by atoms with Crippen molar-refractivity contribution < 1.29 is 27.9 Å². The fraction of sp³-hybridized carbons (Fsp3) is 0.333. The molecular formula is C12H14ClNO6S. The Bertz CT molecular complexity index is 658. The van der Waals surface area contributed by atoms with E-state index in [1.54, 1.807) is 6.92 Å². The second kappa shape index (κ2) is 6.88. The van der Waals surface area contributed by atoms with Gasteiger partial charge >= 0.3 is 11.9 Å².